The molecular formula is C20H18N2O3. The van der Waals surface area contributed by atoms with Crippen LogP contribution < -0.4 is 14.8 Å². The first-order valence-electron chi connectivity index (χ1n) is 7.55. The number of rotatable bonds is 6. The van der Waals surface area contributed by atoms with Crippen molar-refractivity contribution in [2.75, 3.05) is 14.2 Å². The number of hydrogen-bond acceptors (Lipinski definition) is 4. The Morgan fingerprint density at radius 2 is 1.80 bits per heavy atom. The van der Waals surface area contributed by atoms with Crippen molar-refractivity contribution < 1.29 is 14.3 Å². The Kier molecular flexibility index (Phi) is 6.38. The van der Waals surface area contributed by atoms with Crippen LogP contribution in [0.1, 0.15) is 15.9 Å². The number of carbonyl (C=O) groups excluding carboxylic acids is 1. The standard InChI is InChI=1S/C20H18N2O3/c1-24-18-12-11-15(13-19(18)25-2)7-6-10-17(14-21)22-20(23)16-8-4-3-5-9-16/h3-13H,1-2H3,(H,22,23). The molecule has 1 N–H and O–H groups in total. The molecule has 0 aliphatic rings. The molecule has 2 aromatic rings. The average Bonchev–Trinajstić information content (AvgIpc) is 2.67. The zero-order valence-electron chi connectivity index (χ0n) is 14.0. The summed E-state index contributed by atoms with van der Waals surface area (Å²) < 4.78 is 10.4. The highest BCUT2D eigenvalue weighted by Gasteiger charge is 2.06. The SMILES string of the molecule is COc1ccc(C=CC=C(C#N)NC(=O)c2ccccc2)cc1OC. The Labute approximate surface area is 146 Å². The first-order valence-corrected chi connectivity index (χ1v) is 7.55. The fraction of sp³-hybridized carbons (Fsp3) is 0.100. The molecule has 0 radical (unpaired) electrons. The maximum Gasteiger partial charge on any atom is 0.256 e. The molecule has 0 aliphatic heterocycles. The van der Waals surface area contributed by atoms with E-state index in [-0.39, 0.29) is 11.6 Å². The maximum atomic E-state index is 12.0. The zero-order valence-corrected chi connectivity index (χ0v) is 14.0. The van der Waals surface area contributed by atoms with E-state index in [0.29, 0.717) is 17.1 Å². The summed E-state index contributed by atoms with van der Waals surface area (Å²) in [7, 11) is 3.14. The van der Waals surface area contributed by atoms with Crippen LogP contribution in [0.5, 0.6) is 11.5 Å². The van der Waals surface area contributed by atoms with Gasteiger partial charge in [-0.05, 0) is 35.9 Å². The molecule has 0 bridgehead atoms. The molecule has 0 aliphatic carbocycles. The van der Waals surface area contributed by atoms with Gasteiger partial charge >= 0.3 is 0 Å². The van der Waals surface area contributed by atoms with Gasteiger partial charge in [0.1, 0.15) is 11.8 Å². The van der Waals surface area contributed by atoms with Gasteiger partial charge in [0, 0.05) is 5.56 Å². The number of nitriles is 1. The lowest BCUT2D eigenvalue weighted by atomic mass is 10.2. The molecule has 0 atom stereocenters. The second-order valence-corrected chi connectivity index (χ2v) is 4.99. The zero-order chi connectivity index (χ0) is 18.1. The second-order valence-electron chi connectivity index (χ2n) is 4.99. The van der Waals surface area contributed by atoms with Gasteiger partial charge in [0.2, 0.25) is 0 Å². The Hall–Kier alpha value is -3.52. The Bertz CT molecular complexity index is 834. The molecule has 0 fully saturated rings. The van der Waals surface area contributed by atoms with Crippen LogP contribution in [-0.2, 0) is 0 Å². The molecule has 0 aromatic heterocycles. The number of benzene rings is 2. The summed E-state index contributed by atoms with van der Waals surface area (Å²) in [6.45, 7) is 0. The van der Waals surface area contributed by atoms with Crippen LogP contribution in [-0.4, -0.2) is 20.1 Å². The van der Waals surface area contributed by atoms with E-state index < -0.39 is 0 Å². The quantitative estimate of drug-likeness (QED) is 0.648. The number of amides is 1. The molecule has 0 spiro atoms. The van der Waals surface area contributed by atoms with Crippen molar-refractivity contribution in [2.45, 2.75) is 0 Å². The predicted molar refractivity (Wildman–Crippen MR) is 96.2 cm³/mol. The molecule has 5 nitrogen and oxygen atoms in total. The maximum absolute atomic E-state index is 12.0. The summed E-state index contributed by atoms with van der Waals surface area (Å²) in [5, 5.41) is 11.7. The monoisotopic (exact) mass is 334 g/mol. The van der Waals surface area contributed by atoms with E-state index in [1.807, 2.05) is 24.3 Å². The van der Waals surface area contributed by atoms with Gasteiger partial charge in [0.15, 0.2) is 11.5 Å². The van der Waals surface area contributed by atoms with Crippen LogP contribution in [0.2, 0.25) is 0 Å². The normalized spacial score (nSPS) is 11.0. The average molecular weight is 334 g/mol. The van der Waals surface area contributed by atoms with Crippen LogP contribution in [0.25, 0.3) is 6.08 Å². The summed E-state index contributed by atoms with van der Waals surface area (Å²) in [6.07, 6.45) is 5.02. The van der Waals surface area contributed by atoms with Crippen LogP contribution in [0, 0.1) is 11.3 Å². The summed E-state index contributed by atoms with van der Waals surface area (Å²) in [5.74, 6) is 0.933. The summed E-state index contributed by atoms with van der Waals surface area (Å²) in [5.41, 5.74) is 1.53. The van der Waals surface area contributed by atoms with Crippen LogP contribution in [0.15, 0.2) is 66.4 Å². The molecule has 2 rings (SSSR count). The van der Waals surface area contributed by atoms with E-state index in [4.69, 9.17) is 14.7 Å². The number of nitrogens with one attached hydrogen (secondary N) is 1. The van der Waals surface area contributed by atoms with Crippen molar-refractivity contribution in [3.63, 3.8) is 0 Å². The lowest BCUT2D eigenvalue weighted by Gasteiger charge is -2.07. The van der Waals surface area contributed by atoms with Crippen molar-refractivity contribution in [1.29, 1.82) is 5.26 Å². The van der Waals surface area contributed by atoms with Gasteiger partial charge < -0.3 is 14.8 Å². The van der Waals surface area contributed by atoms with E-state index in [1.54, 1.807) is 56.7 Å². The minimum Gasteiger partial charge on any atom is -0.493 e. The van der Waals surface area contributed by atoms with Gasteiger partial charge in [-0.2, -0.15) is 5.26 Å². The van der Waals surface area contributed by atoms with Crippen molar-refractivity contribution >= 4 is 12.0 Å². The van der Waals surface area contributed by atoms with Gasteiger partial charge in [-0.25, -0.2) is 0 Å². The van der Waals surface area contributed by atoms with E-state index in [9.17, 15) is 4.79 Å². The number of nitrogens with zero attached hydrogens (tertiary/aromatic N) is 1. The third-order valence-corrected chi connectivity index (χ3v) is 3.36. The second kappa shape index (κ2) is 8.94. The minimum absolute atomic E-state index is 0.158. The highest BCUT2D eigenvalue weighted by molar-refractivity contribution is 5.95. The molecule has 0 heterocycles. The molecule has 5 heteroatoms. The number of hydrogen-bond donors (Lipinski definition) is 1. The highest BCUT2D eigenvalue weighted by atomic mass is 16.5. The third-order valence-electron chi connectivity index (χ3n) is 3.36. The van der Waals surface area contributed by atoms with Gasteiger partial charge in [-0.15, -0.1) is 0 Å². The summed E-state index contributed by atoms with van der Waals surface area (Å²) in [6, 6.07) is 16.2. The van der Waals surface area contributed by atoms with Crippen LogP contribution in [0.4, 0.5) is 0 Å². The molecule has 0 unspecified atom stereocenters. The molecule has 1 amide bonds. The van der Waals surface area contributed by atoms with Crippen molar-refractivity contribution in [1.82, 2.24) is 5.32 Å². The van der Waals surface area contributed by atoms with Gasteiger partial charge in [-0.3, -0.25) is 4.79 Å². The van der Waals surface area contributed by atoms with Crippen molar-refractivity contribution in [3.8, 4) is 17.6 Å². The predicted octanol–water partition coefficient (Wildman–Crippen LogP) is 3.55. The molecule has 2 aromatic carbocycles. The number of allylic oxidation sites excluding steroid dienone is 3. The van der Waals surface area contributed by atoms with Crippen LogP contribution >= 0.6 is 0 Å². The van der Waals surface area contributed by atoms with Crippen molar-refractivity contribution in [3.05, 3.63) is 77.5 Å². The lowest BCUT2D eigenvalue weighted by molar-refractivity contribution is 0.0967. The number of ether oxygens (including phenoxy) is 2. The molecule has 0 saturated heterocycles. The summed E-state index contributed by atoms with van der Waals surface area (Å²) in [4.78, 5) is 12.0. The number of methoxy groups -OCH3 is 2. The largest absolute Gasteiger partial charge is 0.493 e. The Morgan fingerprint density at radius 3 is 2.44 bits per heavy atom. The molecular weight excluding hydrogens is 316 g/mol. The fourth-order valence-electron chi connectivity index (χ4n) is 2.10. The number of carbonyl (C=O) groups is 1. The molecule has 25 heavy (non-hydrogen) atoms. The van der Waals surface area contributed by atoms with Crippen LogP contribution in [0.3, 0.4) is 0 Å². The molecule has 126 valence electrons. The first kappa shape index (κ1) is 17.8. The third kappa shape index (κ3) is 4.98. The summed E-state index contributed by atoms with van der Waals surface area (Å²) >= 11 is 0. The van der Waals surface area contributed by atoms with E-state index >= 15 is 0 Å². The topological polar surface area (TPSA) is 71.3 Å². The van der Waals surface area contributed by atoms with Gasteiger partial charge in [0.05, 0.1) is 14.2 Å². The Morgan fingerprint density at radius 1 is 1.08 bits per heavy atom. The van der Waals surface area contributed by atoms with E-state index in [2.05, 4.69) is 5.32 Å². The van der Waals surface area contributed by atoms with Gasteiger partial charge in [-0.1, -0.05) is 36.4 Å². The van der Waals surface area contributed by atoms with Crippen molar-refractivity contribution in [2.24, 2.45) is 0 Å². The lowest BCUT2D eigenvalue weighted by Crippen LogP contribution is -2.21. The van der Waals surface area contributed by atoms with E-state index in [1.165, 1.54) is 6.08 Å². The highest BCUT2D eigenvalue weighted by Crippen LogP contribution is 2.27. The first-order chi connectivity index (χ1) is 12.2. The minimum atomic E-state index is -0.326. The Balaban J connectivity index is 2.09. The molecule has 0 saturated carbocycles. The van der Waals surface area contributed by atoms with Gasteiger partial charge in [0.25, 0.3) is 5.91 Å². The smallest absolute Gasteiger partial charge is 0.256 e. The fourth-order valence-corrected chi connectivity index (χ4v) is 2.10. The van der Waals surface area contributed by atoms with E-state index in [0.717, 1.165) is 5.56 Å².